The van der Waals surface area contributed by atoms with Crippen LogP contribution in [0.5, 0.6) is 0 Å². The molecule has 3 nitrogen and oxygen atoms in total. The van der Waals surface area contributed by atoms with Crippen LogP contribution in [0.25, 0.3) is 0 Å². The van der Waals surface area contributed by atoms with E-state index in [-0.39, 0.29) is 0 Å². The fraction of sp³-hybridized carbons (Fsp3) is 0.250. The van der Waals surface area contributed by atoms with Crippen LogP contribution in [0.1, 0.15) is 17.2 Å². The lowest BCUT2D eigenvalue weighted by Gasteiger charge is -2.16. The topological polar surface area (TPSA) is 41.5 Å². The quantitative estimate of drug-likeness (QED) is 0.792. The molecule has 0 aliphatic heterocycles. The van der Waals surface area contributed by atoms with Crippen LogP contribution in [-0.2, 0) is 11.3 Å². The molecule has 0 spiro atoms. The van der Waals surface area contributed by atoms with Crippen molar-refractivity contribution in [3.8, 4) is 0 Å². The first-order valence-corrected chi connectivity index (χ1v) is 7.72. The number of hydrogen-bond donors (Lipinski definition) is 2. The molecular weight excluding hydrogens is 354 g/mol. The second kappa shape index (κ2) is 7.80. The highest BCUT2D eigenvalue weighted by atomic mass is 79.9. The summed E-state index contributed by atoms with van der Waals surface area (Å²) in [5, 5.41) is 14.1. The average molecular weight is 371 g/mol. The Balaban J connectivity index is 2.05. The standard InChI is InChI=1S/C16H17BrClNO2/c1-21-10-13-14(17)3-2-4-15(13)19-9-16(20)11-5-7-12(18)8-6-11/h2-8,16,19-20H,9-10H2,1H3. The number of ether oxygens (including phenoxy) is 1. The number of aliphatic hydroxyl groups excluding tert-OH is 1. The van der Waals surface area contributed by atoms with E-state index in [2.05, 4.69) is 21.2 Å². The second-order valence-corrected chi connectivity index (χ2v) is 5.94. The van der Waals surface area contributed by atoms with E-state index < -0.39 is 6.10 Å². The molecule has 0 radical (unpaired) electrons. The van der Waals surface area contributed by atoms with Gasteiger partial charge < -0.3 is 15.2 Å². The molecule has 1 unspecified atom stereocenters. The minimum atomic E-state index is -0.600. The molecule has 21 heavy (non-hydrogen) atoms. The summed E-state index contributed by atoms with van der Waals surface area (Å²) in [5.74, 6) is 0. The Kier molecular flexibility index (Phi) is 6.06. The lowest BCUT2D eigenvalue weighted by Crippen LogP contribution is -2.13. The Morgan fingerprint density at radius 2 is 1.95 bits per heavy atom. The zero-order valence-corrected chi connectivity index (χ0v) is 14.0. The van der Waals surface area contributed by atoms with Crippen molar-refractivity contribution in [2.24, 2.45) is 0 Å². The summed E-state index contributed by atoms with van der Waals surface area (Å²) in [6.45, 7) is 0.912. The Hall–Kier alpha value is -1.07. The van der Waals surface area contributed by atoms with Crippen molar-refractivity contribution in [3.63, 3.8) is 0 Å². The molecule has 2 aromatic carbocycles. The highest BCUT2D eigenvalue weighted by Crippen LogP contribution is 2.26. The number of rotatable bonds is 6. The third-order valence-corrected chi connectivity index (χ3v) is 4.14. The summed E-state index contributed by atoms with van der Waals surface area (Å²) < 4.78 is 6.19. The van der Waals surface area contributed by atoms with Gasteiger partial charge in [-0.2, -0.15) is 0 Å². The van der Waals surface area contributed by atoms with Crippen LogP contribution < -0.4 is 5.32 Å². The van der Waals surface area contributed by atoms with Gasteiger partial charge in [0.25, 0.3) is 0 Å². The van der Waals surface area contributed by atoms with E-state index in [1.54, 1.807) is 19.2 Å². The lowest BCUT2D eigenvalue weighted by atomic mass is 10.1. The van der Waals surface area contributed by atoms with Crippen LogP contribution in [0.4, 0.5) is 5.69 Å². The maximum absolute atomic E-state index is 10.2. The molecule has 0 aromatic heterocycles. The third-order valence-electron chi connectivity index (χ3n) is 3.15. The predicted octanol–water partition coefficient (Wildman–Crippen LogP) is 4.39. The van der Waals surface area contributed by atoms with E-state index in [9.17, 15) is 5.11 Å². The summed E-state index contributed by atoms with van der Waals surface area (Å²) in [4.78, 5) is 0. The summed E-state index contributed by atoms with van der Waals surface area (Å²) in [7, 11) is 1.66. The maximum atomic E-state index is 10.2. The van der Waals surface area contributed by atoms with E-state index in [0.29, 0.717) is 18.2 Å². The molecule has 2 aromatic rings. The van der Waals surface area contributed by atoms with Gasteiger partial charge in [-0.15, -0.1) is 0 Å². The number of anilines is 1. The zero-order valence-electron chi connectivity index (χ0n) is 11.6. The molecule has 2 N–H and O–H groups in total. The van der Waals surface area contributed by atoms with E-state index in [0.717, 1.165) is 21.3 Å². The van der Waals surface area contributed by atoms with Gasteiger partial charge in [-0.3, -0.25) is 0 Å². The van der Waals surface area contributed by atoms with Crippen molar-refractivity contribution < 1.29 is 9.84 Å². The lowest BCUT2D eigenvalue weighted by molar-refractivity contribution is 0.183. The summed E-state index contributed by atoms with van der Waals surface area (Å²) in [5.41, 5.74) is 2.80. The molecule has 0 saturated heterocycles. The molecule has 0 bridgehead atoms. The number of halogens is 2. The molecular formula is C16H17BrClNO2. The van der Waals surface area contributed by atoms with Crippen molar-refractivity contribution in [1.29, 1.82) is 0 Å². The Morgan fingerprint density at radius 3 is 2.62 bits per heavy atom. The van der Waals surface area contributed by atoms with Gasteiger partial charge in [-0.1, -0.05) is 45.7 Å². The van der Waals surface area contributed by atoms with Crippen LogP contribution in [-0.4, -0.2) is 18.8 Å². The predicted molar refractivity (Wildman–Crippen MR) is 89.8 cm³/mol. The molecule has 0 amide bonds. The van der Waals surface area contributed by atoms with Crippen molar-refractivity contribution in [1.82, 2.24) is 0 Å². The second-order valence-electron chi connectivity index (χ2n) is 4.65. The van der Waals surface area contributed by atoms with Crippen LogP contribution in [0.2, 0.25) is 5.02 Å². The number of hydrogen-bond acceptors (Lipinski definition) is 3. The van der Waals surface area contributed by atoms with Crippen LogP contribution >= 0.6 is 27.5 Å². The average Bonchev–Trinajstić information content (AvgIpc) is 2.48. The summed E-state index contributed by atoms with van der Waals surface area (Å²) >= 11 is 9.36. The summed E-state index contributed by atoms with van der Waals surface area (Å²) in [6, 6.07) is 13.1. The van der Waals surface area contributed by atoms with Gasteiger partial charge in [-0.25, -0.2) is 0 Å². The SMILES string of the molecule is COCc1c(Br)cccc1NCC(O)c1ccc(Cl)cc1. The number of benzene rings is 2. The highest BCUT2D eigenvalue weighted by Gasteiger charge is 2.10. The fourth-order valence-corrected chi connectivity index (χ4v) is 2.63. The monoisotopic (exact) mass is 369 g/mol. The number of aliphatic hydroxyl groups is 1. The van der Waals surface area contributed by atoms with E-state index in [1.165, 1.54) is 0 Å². The third kappa shape index (κ3) is 4.45. The van der Waals surface area contributed by atoms with Crippen molar-refractivity contribution in [3.05, 3.63) is 63.1 Å². The first-order chi connectivity index (χ1) is 10.1. The molecule has 0 aliphatic carbocycles. The first-order valence-electron chi connectivity index (χ1n) is 6.55. The van der Waals surface area contributed by atoms with Crippen LogP contribution in [0.15, 0.2) is 46.9 Å². The van der Waals surface area contributed by atoms with E-state index in [4.69, 9.17) is 16.3 Å². The molecule has 5 heteroatoms. The molecule has 0 fully saturated rings. The van der Waals surface area contributed by atoms with Gasteiger partial charge in [0.1, 0.15) is 0 Å². The number of methoxy groups -OCH3 is 1. The molecule has 112 valence electrons. The zero-order chi connectivity index (χ0) is 15.2. The minimum absolute atomic E-state index is 0.412. The largest absolute Gasteiger partial charge is 0.387 e. The van der Waals surface area contributed by atoms with Gasteiger partial charge >= 0.3 is 0 Å². The van der Waals surface area contributed by atoms with Crippen molar-refractivity contribution >= 4 is 33.2 Å². The Labute approximate surface area is 138 Å². The molecule has 0 heterocycles. The number of nitrogens with one attached hydrogen (secondary N) is 1. The van der Waals surface area contributed by atoms with Gasteiger partial charge in [-0.05, 0) is 29.8 Å². The van der Waals surface area contributed by atoms with Gasteiger partial charge in [0.2, 0.25) is 0 Å². The fourth-order valence-electron chi connectivity index (χ4n) is 2.02. The van der Waals surface area contributed by atoms with Crippen LogP contribution in [0.3, 0.4) is 0 Å². The normalized spacial score (nSPS) is 12.2. The molecule has 0 aliphatic rings. The van der Waals surface area contributed by atoms with Crippen molar-refractivity contribution in [2.45, 2.75) is 12.7 Å². The smallest absolute Gasteiger partial charge is 0.0962 e. The summed E-state index contributed by atoms with van der Waals surface area (Å²) in [6.07, 6.45) is -0.600. The van der Waals surface area contributed by atoms with E-state index in [1.807, 2.05) is 30.3 Å². The molecule has 1 atom stereocenters. The van der Waals surface area contributed by atoms with E-state index >= 15 is 0 Å². The minimum Gasteiger partial charge on any atom is -0.387 e. The van der Waals surface area contributed by atoms with Gasteiger partial charge in [0, 0.05) is 34.4 Å². The molecule has 0 saturated carbocycles. The van der Waals surface area contributed by atoms with Crippen LogP contribution in [0, 0.1) is 0 Å². The first kappa shape index (κ1) is 16.3. The van der Waals surface area contributed by atoms with Gasteiger partial charge in [0.05, 0.1) is 12.7 Å². The highest BCUT2D eigenvalue weighted by molar-refractivity contribution is 9.10. The van der Waals surface area contributed by atoms with Gasteiger partial charge in [0.15, 0.2) is 0 Å². The van der Waals surface area contributed by atoms with Crippen molar-refractivity contribution in [2.75, 3.05) is 19.0 Å². The maximum Gasteiger partial charge on any atom is 0.0962 e. The Morgan fingerprint density at radius 1 is 1.24 bits per heavy atom. The Bertz CT molecular complexity index is 589. The molecule has 2 rings (SSSR count).